The van der Waals surface area contributed by atoms with Crippen LogP contribution in [0.4, 0.5) is 17.1 Å². The number of benzene rings is 7. The average Bonchev–Trinajstić information content (AvgIpc) is 3.14. The topological polar surface area (TPSA) is 3.24 Å². The van der Waals surface area contributed by atoms with Crippen LogP contribution in [0, 0.1) is 0 Å². The molecule has 0 unspecified atom stereocenters. The van der Waals surface area contributed by atoms with Gasteiger partial charge in [-0.05, 0) is 102 Å². The van der Waals surface area contributed by atoms with Crippen molar-refractivity contribution in [2.45, 2.75) is 78.6 Å². The molecule has 7 rings (SSSR count). The highest BCUT2D eigenvalue weighted by atomic mass is 15.1. The summed E-state index contributed by atoms with van der Waals surface area (Å²) in [6.45, 7) is 20.7. The molecule has 0 heterocycles. The Balaban J connectivity index is 1.46. The van der Waals surface area contributed by atoms with Gasteiger partial charge in [-0.1, -0.05) is 190 Å². The number of fused-ring (bicyclic) bond motifs is 1. The Kier molecular flexibility index (Phi) is 9.41. The monoisotopic (exact) mass is 691 g/mol. The standard InChI is InChI=1S/C52H53N/c1-50(2,3)40-27-31-44(32-28-40)53(43-29-25-37(26-30-43)36-17-11-10-12-18-36)48-24-14-13-21-46(48)47-23-16-20-38-19-15-22-45(49(38)47)39-33-41(51(4,5)6)35-42(34-39)52(7,8)9/h10-35H,1-9H3. The molecule has 53 heavy (non-hydrogen) atoms. The fraction of sp³-hybridized carbons (Fsp3) is 0.231. The number of hydrogen-bond acceptors (Lipinski definition) is 1. The minimum Gasteiger partial charge on any atom is -0.310 e. The van der Waals surface area contributed by atoms with Gasteiger partial charge in [0, 0.05) is 16.9 Å². The summed E-state index contributed by atoms with van der Waals surface area (Å²) in [5.41, 5.74) is 14.9. The van der Waals surface area contributed by atoms with Gasteiger partial charge in [-0.2, -0.15) is 0 Å². The molecule has 0 amide bonds. The van der Waals surface area contributed by atoms with Crippen LogP contribution in [0.5, 0.6) is 0 Å². The molecule has 266 valence electrons. The van der Waals surface area contributed by atoms with Gasteiger partial charge in [0.25, 0.3) is 0 Å². The van der Waals surface area contributed by atoms with E-state index in [4.69, 9.17) is 0 Å². The van der Waals surface area contributed by atoms with Gasteiger partial charge < -0.3 is 4.90 Å². The fourth-order valence-electron chi connectivity index (χ4n) is 7.32. The van der Waals surface area contributed by atoms with Gasteiger partial charge in [-0.25, -0.2) is 0 Å². The molecule has 0 aliphatic heterocycles. The Bertz CT molecular complexity index is 2320. The lowest BCUT2D eigenvalue weighted by atomic mass is 9.78. The molecule has 0 aliphatic rings. The van der Waals surface area contributed by atoms with Crippen molar-refractivity contribution in [3.63, 3.8) is 0 Å². The van der Waals surface area contributed by atoms with Crippen molar-refractivity contribution in [1.82, 2.24) is 0 Å². The smallest absolute Gasteiger partial charge is 0.0540 e. The van der Waals surface area contributed by atoms with Gasteiger partial charge in [0.2, 0.25) is 0 Å². The summed E-state index contributed by atoms with van der Waals surface area (Å²) in [6, 6.07) is 58.5. The molecular weight excluding hydrogens is 639 g/mol. The summed E-state index contributed by atoms with van der Waals surface area (Å²) in [5, 5.41) is 2.51. The Labute approximate surface area is 318 Å². The quantitative estimate of drug-likeness (QED) is 0.168. The first-order valence-electron chi connectivity index (χ1n) is 19.0. The van der Waals surface area contributed by atoms with Crippen molar-refractivity contribution in [1.29, 1.82) is 0 Å². The van der Waals surface area contributed by atoms with Crippen LogP contribution >= 0.6 is 0 Å². The molecule has 0 spiro atoms. The maximum Gasteiger partial charge on any atom is 0.0540 e. The van der Waals surface area contributed by atoms with Crippen LogP contribution < -0.4 is 4.90 Å². The van der Waals surface area contributed by atoms with E-state index >= 15 is 0 Å². The molecule has 0 bridgehead atoms. The van der Waals surface area contributed by atoms with Gasteiger partial charge in [0.1, 0.15) is 0 Å². The molecule has 0 atom stereocenters. The fourth-order valence-corrected chi connectivity index (χ4v) is 7.32. The molecule has 0 radical (unpaired) electrons. The molecule has 7 aromatic rings. The average molecular weight is 692 g/mol. The maximum atomic E-state index is 2.43. The maximum absolute atomic E-state index is 2.43. The van der Waals surface area contributed by atoms with Gasteiger partial charge in [0.05, 0.1) is 5.69 Å². The predicted molar refractivity (Wildman–Crippen MR) is 231 cm³/mol. The first-order chi connectivity index (χ1) is 25.2. The summed E-state index contributed by atoms with van der Waals surface area (Å²) >= 11 is 0. The van der Waals surface area contributed by atoms with Crippen molar-refractivity contribution in [3.05, 3.63) is 174 Å². The van der Waals surface area contributed by atoms with Crippen LogP contribution in [0.2, 0.25) is 0 Å². The molecule has 7 aromatic carbocycles. The van der Waals surface area contributed by atoms with E-state index in [9.17, 15) is 0 Å². The minimum absolute atomic E-state index is 0.0229. The number of rotatable bonds is 6. The van der Waals surface area contributed by atoms with Crippen LogP contribution in [0.3, 0.4) is 0 Å². The first-order valence-corrected chi connectivity index (χ1v) is 19.0. The molecular formula is C52H53N. The second-order valence-corrected chi connectivity index (χ2v) is 17.6. The number of nitrogens with zero attached hydrogens (tertiary/aromatic N) is 1. The third-order valence-electron chi connectivity index (χ3n) is 10.5. The molecule has 0 saturated carbocycles. The summed E-state index contributed by atoms with van der Waals surface area (Å²) < 4.78 is 0. The summed E-state index contributed by atoms with van der Waals surface area (Å²) in [7, 11) is 0. The normalized spacial score (nSPS) is 12.2. The predicted octanol–water partition coefficient (Wildman–Crippen LogP) is 15.2. The summed E-state index contributed by atoms with van der Waals surface area (Å²) in [5.74, 6) is 0. The Hall–Kier alpha value is -5.40. The van der Waals surface area contributed by atoms with Gasteiger partial charge >= 0.3 is 0 Å². The zero-order valence-corrected chi connectivity index (χ0v) is 33.0. The first kappa shape index (κ1) is 36.0. The Morgan fingerprint density at radius 1 is 0.340 bits per heavy atom. The SMILES string of the molecule is CC(C)(C)c1ccc(N(c2ccc(-c3ccccc3)cc2)c2ccccc2-c2cccc3cccc(-c4cc(C(C)(C)C)cc(C(C)(C)C)c4)c23)cc1. The van der Waals surface area contributed by atoms with Crippen LogP contribution in [-0.4, -0.2) is 0 Å². The van der Waals surface area contributed by atoms with Gasteiger partial charge in [-0.3, -0.25) is 0 Å². The second kappa shape index (κ2) is 13.9. The Morgan fingerprint density at radius 3 is 1.38 bits per heavy atom. The number of para-hydroxylation sites is 1. The number of anilines is 3. The van der Waals surface area contributed by atoms with Gasteiger partial charge in [-0.15, -0.1) is 0 Å². The van der Waals surface area contributed by atoms with E-state index < -0.39 is 0 Å². The second-order valence-electron chi connectivity index (χ2n) is 17.6. The Morgan fingerprint density at radius 2 is 0.811 bits per heavy atom. The highest BCUT2D eigenvalue weighted by molar-refractivity contribution is 6.09. The molecule has 0 aromatic heterocycles. The zero-order chi connectivity index (χ0) is 37.5. The van der Waals surface area contributed by atoms with Crippen LogP contribution in [0.15, 0.2) is 158 Å². The van der Waals surface area contributed by atoms with E-state index in [2.05, 4.69) is 225 Å². The van der Waals surface area contributed by atoms with E-state index in [1.807, 2.05) is 0 Å². The highest BCUT2D eigenvalue weighted by Gasteiger charge is 2.24. The molecule has 1 heteroatoms. The van der Waals surface area contributed by atoms with Crippen LogP contribution in [-0.2, 0) is 16.2 Å². The van der Waals surface area contributed by atoms with E-state index in [1.165, 1.54) is 60.8 Å². The summed E-state index contributed by atoms with van der Waals surface area (Å²) in [4.78, 5) is 2.43. The highest BCUT2D eigenvalue weighted by Crippen LogP contribution is 2.46. The van der Waals surface area contributed by atoms with Crippen LogP contribution in [0.1, 0.15) is 79.0 Å². The van der Waals surface area contributed by atoms with Crippen molar-refractivity contribution in [2.75, 3.05) is 4.90 Å². The van der Waals surface area contributed by atoms with E-state index in [-0.39, 0.29) is 16.2 Å². The number of hydrogen-bond donors (Lipinski definition) is 0. The van der Waals surface area contributed by atoms with E-state index in [0.717, 1.165) is 17.1 Å². The third kappa shape index (κ3) is 7.44. The lowest BCUT2D eigenvalue weighted by Crippen LogP contribution is -2.16. The molecule has 0 saturated heterocycles. The lowest BCUT2D eigenvalue weighted by molar-refractivity contribution is 0.569. The van der Waals surface area contributed by atoms with E-state index in [0.29, 0.717) is 0 Å². The van der Waals surface area contributed by atoms with Crippen molar-refractivity contribution < 1.29 is 0 Å². The van der Waals surface area contributed by atoms with Crippen LogP contribution in [0.25, 0.3) is 44.2 Å². The van der Waals surface area contributed by atoms with Crippen molar-refractivity contribution >= 4 is 27.8 Å². The zero-order valence-electron chi connectivity index (χ0n) is 33.0. The molecule has 0 N–H and O–H groups in total. The third-order valence-corrected chi connectivity index (χ3v) is 10.5. The van der Waals surface area contributed by atoms with E-state index in [1.54, 1.807) is 0 Å². The minimum atomic E-state index is 0.0229. The van der Waals surface area contributed by atoms with Crippen molar-refractivity contribution in [2.24, 2.45) is 0 Å². The largest absolute Gasteiger partial charge is 0.310 e. The lowest BCUT2D eigenvalue weighted by Gasteiger charge is -2.29. The summed E-state index contributed by atoms with van der Waals surface area (Å²) in [6.07, 6.45) is 0. The van der Waals surface area contributed by atoms with Gasteiger partial charge in [0.15, 0.2) is 0 Å². The molecule has 1 nitrogen and oxygen atoms in total. The molecule has 0 aliphatic carbocycles. The van der Waals surface area contributed by atoms with Crippen molar-refractivity contribution in [3.8, 4) is 33.4 Å². The molecule has 0 fully saturated rings.